The first-order chi connectivity index (χ1) is 14.9. The van der Waals surface area contributed by atoms with Crippen LogP contribution in [0.25, 0.3) is 5.69 Å². The number of ether oxygens (including phenoxy) is 2. The predicted octanol–water partition coefficient (Wildman–Crippen LogP) is 4.69. The van der Waals surface area contributed by atoms with Gasteiger partial charge in [-0.3, -0.25) is 9.36 Å². The summed E-state index contributed by atoms with van der Waals surface area (Å²) >= 11 is 7.25. The molecule has 9 heteroatoms. The van der Waals surface area contributed by atoms with Gasteiger partial charge in [0.05, 0.1) is 6.61 Å². The second-order valence-electron chi connectivity index (χ2n) is 6.60. The molecule has 1 aromatic heterocycles. The normalized spacial score (nSPS) is 11.7. The molecular weight excluding hydrogens is 438 g/mol. The number of rotatable bonds is 8. The number of amides is 1. The van der Waals surface area contributed by atoms with Gasteiger partial charge in [0.25, 0.3) is 5.91 Å². The van der Waals surface area contributed by atoms with E-state index in [4.69, 9.17) is 21.1 Å². The number of hydrogen-bond donors (Lipinski definition) is 1. The van der Waals surface area contributed by atoms with Gasteiger partial charge in [-0.1, -0.05) is 41.6 Å². The second-order valence-corrected chi connectivity index (χ2v) is 7.81. The highest BCUT2D eigenvalue weighted by molar-refractivity contribution is 7.98. The van der Waals surface area contributed by atoms with E-state index < -0.39 is 18.0 Å². The number of para-hydroxylation sites is 1. The van der Waals surface area contributed by atoms with Crippen molar-refractivity contribution in [3.63, 3.8) is 0 Å². The second kappa shape index (κ2) is 10.5. The molecule has 0 saturated carbocycles. The fourth-order valence-electron chi connectivity index (χ4n) is 2.92. The Kier molecular flexibility index (Phi) is 7.73. The molecule has 7 nitrogen and oxygen atoms in total. The van der Waals surface area contributed by atoms with E-state index in [9.17, 15) is 9.59 Å². The van der Waals surface area contributed by atoms with Crippen LogP contribution in [0.2, 0.25) is 5.02 Å². The Balaban J connectivity index is 2.05. The molecule has 0 bridgehead atoms. The molecule has 162 valence electrons. The maximum Gasteiger partial charge on any atom is 0.359 e. The lowest BCUT2D eigenvalue weighted by molar-refractivity contribution is 0.0113. The Morgan fingerprint density at radius 2 is 1.84 bits per heavy atom. The minimum atomic E-state index is -0.618. The number of imidazole rings is 1. The van der Waals surface area contributed by atoms with E-state index in [1.54, 1.807) is 35.8 Å². The maximum atomic E-state index is 13.1. The maximum absolute atomic E-state index is 13.1. The Labute approximate surface area is 189 Å². The number of esters is 1. The molecule has 1 heterocycles. The standard InChI is InChI=1S/C22H22ClN3O4S/c1-14(13-29-2)30-21(28)18-19(24-20(27)15-9-11-16(23)12-10-15)25-22(31-3)26(18)17-7-5-4-6-8-17/h4-12,14H,13H2,1-3H3,(H,24,27). The van der Waals surface area contributed by atoms with Gasteiger partial charge in [-0.25, -0.2) is 9.78 Å². The summed E-state index contributed by atoms with van der Waals surface area (Å²) < 4.78 is 12.3. The van der Waals surface area contributed by atoms with Gasteiger partial charge in [-0.05, 0) is 49.6 Å². The number of carbonyl (C=O) groups is 2. The molecule has 31 heavy (non-hydrogen) atoms. The van der Waals surface area contributed by atoms with Crippen LogP contribution in [0.3, 0.4) is 0 Å². The molecule has 1 atom stereocenters. The molecule has 0 spiro atoms. The number of thioether (sulfide) groups is 1. The van der Waals surface area contributed by atoms with Gasteiger partial charge in [-0.15, -0.1) is 0 Å². The molecule has 0 radical (unpaired) electrons. The SMILES string of the molecule is COCC(C)OC(=O)c1c(NC(=O)c2ccc(Cl)cc2)nc(SC)n1-c1ccccc1. The Morgan fingerprint density at radius 3 is 2.45 bits per heavy atom. The molecular formula is C22H22ClN3O4S. The third-order valence-electron chi connectivity index (χ3n) is 4.28. The zero-order valence-corrected chi connectivity index (χ0v) is 18.9. The van der Waals surface area contributed by atoms with Crippen LogP contribution in [-0.2, 0) is 9.47 Å². The van der Waals surface area contributed by atoms with Gasteiger partial charge >= 0.3 is 5.97 Å². The van der Waals surface area contributed by atoms with Crippen molar-refractivity contribution in [3.8, 4) is 5.69 Å². The zero-order valence-electron chi connectivity index (χ0n) is 17.3. The largest absolute Gasteiger partial charge is 0.455 e. The molecule has 0 aliphatic carbocycles. The molecule has 0 aliphatic rings. The van der Waals surface area contributed by atoms with Crippen LogP contribution >= 0.6 is 23.4 Å². The van der Waals surface area contributed by atoms with Crippen LogP contribution in [0.4, 0.5) is 5.82 Å². The van der Waals surface area contributed by atoms with Gasteiger partial charge in [0, 0.05) is 23.4 Å². The smallest absolute Gasteiger partial charge is 0.359 e. The Hall–Kier alpha value is -2.81. The van der Waals surface area contributed by atoms with Crippen LogP contribution in [0.15, 0.2) is 59.8 Å². The summed E-state index contributed by atoms with van der Waals surface area (Å²) in [5.41, 5.74) is 1.23. The molecule has 1 unspecified atom stereocenters. The third kappa shape index (κ3) is 5.46. The highest BCUT2D eigenvalue weighted by atomic mass is 35.5. The van der Waals surface area contributed by atoms with Gasteiger partial charge in [0.15, 0.2) is 16.7 Å². The minimum absolute atomic E-state index is 0.114. The minimum Gasteiger partial charge on any atom is -0.455 e. The molecule has 3 aromatic rings. The number of aromatic nitrogens is 2. The molecule has 3 rings (SSSR count). The molecule has 0 aliphatic heterocycles. The molecule has 2 aromatic carbocycles. The van der Waals surface area contributed by atoms with Crippen molar-refractivity contribution in [2.45, 2.75) is 18.2 Å². The summed E-state index contributed by atoms with van der Waals surface area (Å²) in [7, 11) is 1.53. The number of carbonyl (C=O) groups excluding carboxylic acids is 2. The lowest BCUT2D eigenvalue weighted by atomic mass is 10.2. The van der Waals surface area contributed by atoms with E-state index in [0.717, 1.165) is 5.69 Å². The van der Waals surface area contributed by atoms with E-state index in [0.29, 0.717) is 15.7 Å². The summed E-state index contributed by atoms with van der Waals surface area (Å²) in [4.78, 5) is 30.4. The number of nitrogens with one attached hydrogen (secondary N) is 1. The van der Waals surface area contributed by atoms with E-state index in [2.05, 4.69) is 10.3 Å². The first kappa shape index (κ1) is 22.9. The van der Waals surface area contributed by atoms with Crippen LogP contribution in [0, 0.1) is 0 Å². The Bertz CT molecular complexity index is 1050. The summed E-state index contributed by atoms with van der Waals surface area (Å²) in [6.45, 7) is 1.97. The fraction of sp³-hybridized carbons (Fsp3) is 0.227. The number of benzene rings is 2. The van der Waals surface area contributed by atoms with Crippen molar-refractivity contribution in [3.05, 3.63) is 70.9 Å². The molecule has 1 N–H and O–H groups in total. The topological polar surface area (TPSA) is 82.4 Å². The van der Waals surface area contributed by atoms with Crippen LogP contribution in [0.1, 0.15) is 27.8 Å². The highest BCUT2D eigenvalue weighted by Gasteiger charge is 2.28. The summed E-state index contributed by atoms with van der Waals surface area (Å²) in [6, 6.07) is 15.7. The fourth-order valence-corrected chi connectivity index (χ4v) is 3.60. The van der Waals surface area contributed by atoms with Gasteiger partial charge in [0.1, 0.15) is 6.10 Å². The monoisotopic (exact) mass is 459 g/mol. The van der Waals surface area contributed by atoms with Gasteiger partial charge in [-0.2, -0.15) is 0 Å². The van der Waals surface area contributed by atoms with Crippen molar-refractivity contribution < 1.29 is 19.1 Å². The van der Waals surface area contributed by atoms with Crippen LogP contribution < -0.4 is 5.32 Å². The number of halogens is 1. The first-order valence-corrected chi connectivity index (χ1v) is 11.0. The Morgan fingerprint density at radius 1 is 1.16 bits per heavy atom. The van der Waals surface area contributed by atoms with E-state index in [-0.39, 0.29) is 18.1 Å². The number of anilines is 1. The summed E-state index contributed by atoms with van der Waals surface area (Å²) in [6.07, 6.45) is 1.36. The molecule has 0 fully saturated rings. The third-order valence-corrected chi connectivity index (χ3v) is 5.18. The van der Waals surface area contributed by atoms with Crippen LogP contribution in [0.5, 0.6) is 0 Å². The highest BCUT2D eigenvalue weighted by Crippen LogP contribution is 2.29. The lowest BCUT2D eigenvalue weighted by Crippen LogP contribution is -2.23. The van der Waals surface area contributed by atoms with E-state index in [1.165, 1.54) is 18.9 Å². The van der Waals surface area contributed by atoms with Crippen molar-refractivity contribution in [1.29, 1.82) is 0 Å². The van der Waals surface area contributed by atoms with Crippen molar-refractivity contribution in [1.82, 2.24) is 9.55 Å². The average Bonchev–Trinajstić information content (AvgIpc) is 3.13. The van der Waals surface area contributed by atoms with E-state index in [1.807, 2.05) is 36.6 Å². The van der Waals surface area contributed by atoms with Crippen molar-refractivity contribution >= 4 is 41.1 Å². The van der Waals surface area contributed by atoms with Crippen molar-refractivity contribution in [2.75, 3.05) is 25.3 Å². The summed E-state index contributed by atoms with van der Waals surface area (Å²) in [5.74, 6) is -0.920. The first-order valence-electron chi connectivity index (χ1n) is 9.43. The quantitative estimate of drug-likeness (QED) is 0.388. The predicted molar refractivity (Wildman–Crippen MR) is 122 cm³/mol. The number of hydrogen-bond acceptors (Lipinski definition) is 6. The van der Waals surface area contributed by atoms with Crippen LogP contribution in [-0.4, -0.2) is 47.5 Å². The number of methoxy groups -OCH3 is 1. The lowest BCUT2D eigenvalue weighted by Gasteiger charge is -2.15. The van der Waals surface area contributed by atoms with Gasteiger partial charge < -0.3 is 14.8 Å². The number of nitrogens with zero attached hydrogens (tertiary/aromatic N) is 2. The van der Waals surface area contributed by atoms with E-state index >= 15 is 0 Å². The molecule has 1 amide bonds. The van der Waals surface area contributed by atoms with Gasteiger partial charge in [0.2, 0.25) is 0 Å². The molecule has 0 saturated heterocycles. The average molecular weight is 460 g/mol. The van der Waals surface area contributed by atoms with Crippen molar-refractivity contribution in [2.24, 2.45) is 0 Å². The summed E-state index contributed by atoms with van der Waals surface area (Å²) in [5, 5.41) is 3.79. The zero-order chi connectivity index (χ0) is 22.4.